The molecule has 60 heavy (non-hydrogen) atoms. The van der Waals surface area contributed by atoms with Crippen LogP contribution < -0.4 is 26.3 Å². The number of carbonyl (C=O) groups is 5. The van der Waals surface area contributed by atoms with E-state index in [9.17, 15) is 24.0 Å². The van der Waals surface area contributed by atoms with E-state index in [1.807, 2.05) is 79.7 Å². The minimum Gasteiger partial charge on any atom is -0.397 e. The summed E-state index contributed by atoms with van der Waals surface area (Å²) in [6, 6.07) is 26.6. The molecule has 2 heterocycles. The van der Waals surface area contributed by atoms with Gasteiger partial charge in [0.15, 0.2) is 5.78 Å². The maximum Gasteiger partial charge on any atom is 0.262 e. The van der Waals surface area contributed by atoms with Gasteiger partial charge in [-0.3, -0.25) is 24.0 Å². The Morgan fingerprint density at radius 3 is 1.93 bits per heavy atom. The normalized spacial score (nSPS) is 22.9. The van der Waals surface area contributed by atoms with Gasteiger partial charge in [0.2, 0.25) is 23.6 Å². The monoisotopic (exact) mass is 832 g/mol. The lowest BCUT2D eigenvalue weighted by Gasteiger charge is -2.44. The number of benzene rings is 3. The molecular formula is C49H64N4O6Si. The van der Waals surface area contributed by atoms with Gasteiger partial charge in [-0.15, -0.1) is 0 Å². The highest BCUT2D eigenvalue weighted by atomic mass is 28.4. The van der Waals surface area contributed by atoms with Crippen molar-refractivity contribution in [2.45, 2.75) is 140 Å². The number of carbonyl (C=O) groups excluding carboxylic acids is 5. The number of ketones is 1. The molecule has 11 heteroatoms. The first kappa shape index (κ1) is 44.7. The van der Waals surface area contributed by atoms with Crippen LogP contribution in [0.5, 0.6) is 0 Å². The quantitative estimate of drug-likeness (QED) is 0.105. The molecule has 1 saturated carbocycles. The van der Waals surface area contributed by atoms with Gasteiger partial charge in [-0.25, -0.2) is 0 Å². The van der Waals surface area contributed by atoms with Crippen LogP contribution in [0.2, 0.25) is 5.04 Å². The second kappa shape index (κ2) is 20.6. The van der Waals surface area contributed by atoms with Crippen molar-refractivity contribution in [1.29, 1.82) is 0 Å². The topological polar surface area (TPSA) is 134 Å². The Morgan fingerprint density at radius 1 is 0.750 bits per heavy atom. The molecule has 2 saturated heterocycles. The summed E-state index contributed by atoms with van der Waals surface area (Å²) in [5, 5.41) is 10.9. The Labute approximate surface area is 357 Å². The molecule has 1 aliphatic carbocycles. The van der Waals surface area contributed by atoms with Gasteiger partial charge < -0.3 is 25.3 Å². The number of amides is 4. The third-order valence-electron chi connectivity index (χ3n) is 12.6. The SMILES string of the molecule is C[C@@H](O[Si](c1ccccc1)(c1ccccc1)C(C)(C)C)C(=O)/C=C/CCC[C@@H]1NC(=O)[C@H]2CCCN2C(=O)[C@H](Cc2ccccc2)NC(=O)[C@@H](CC2CCCCC2)NC1=O. The smallest absolute Gasteiger partial charge is 0.262 e. The van der Waals surface area contributed by atoms with Gasteiger partial charge in [-0.1, -0.05) is 150 Å². The van der Waals surface area contributed by atoms with Crippen LogP contribution >= 0.6 is 0 Å². The van der Waals surface area contributed by atoms with E-state index in [1.165, 1.54) is 0 Å². The molecule has 2 aliphatic heterocycles. The van der Waals surface area contributed by atoms with E-state index < -0.39 is 44.5 Å². The maximum atomic E-state index is 14.2. The van der Waals surface area contributed by atoms with Crippen molar-refractivity contribution in [2.75, 3.05) is 6.54 Å². The average Bonchev–Trinajstić information content (AvgIpc) is 3.75. The third-order valence-corrected chi connectivity index (χ3v) is 17.7. The third kappa shape index (κ3) is 10.9. The van der Waals surface area contributed by atoms with Crippen molar-refractivity contribution < 1.29 is 28.4 Å². The van der Waals surface area contributed by atoms with Crippen LogP contribution in [0.15, 0.2) is 103 Å². The zero-order valence-corrected chi connectivity index (χ0v) is 36.9. The van der Waals surface area contributed by atoms with E-state index >= 15 is 0 Å². The minimum atomic E-state index is -2.94. The molecule has 0 bridgehead atoms. The summed E-state index contributed by atoms with van der Waals surface area (Å²) in [7, 11) is -2.94. The van der Waals surface area contributed by atoms with Crippen LogP contribution in [0.25, 0.3) is 0 Å². The molecule has 3 aliphatic rings. The van der Waals surface area contributed by atoms with Gasteiger partial charge in [0.25, 0.3) is 8.32 Å². The lowest BCUT2D eigenvalue weighted by atomic mass is 9.84. The van der Waals surface area contributed by atoms with Crippen LogP contribution in [0.1, 0.15) is 104 Å². The summed E-state index contributed by atoms with van der Waals surface area (Å²) >= 11 is 0. The van der Waals surface area contributed by atoms with E-state index in [0.717, 1.165) is 48.0 Å². The molecule has 4 amide bonds. The highest BCUT2D eigenvalue weighted by molar-refractivity contribution is 6.99. The molecule has 10 nitrogen and oxygen atoms in total. The second-order valence-electron chi connectivity index (χ2n) is 18.0. The van der Waals surface area contributed by atoms with Gasteiger partial charge in [0.05, 0.1) is 0 Å². The Kier molecular flexibility index (Phi) is 15.3. The summed E-state index contributed by atoms with van der Waals surface area (Å²) in [6.45, 7) is 8.76. The average molecular weight is 833 g/mol. The molecule has 6 rings (SSSR count). The summed E-state index contributed by atoms with van der Waals surface area (Å²) in [5.41, 5.74) is 0.897. The number of unbranched alkanes of at least 4 members (excludes halogenated alkanes) is 1. The fourth-order valence-corrected chi connectivity index (χ4v) is 14.1. The minimum absolute atomic E-state index is 0.145. The first-order valence-corrected chi connectivity index (χ1v) is 24.0. The zero-order chi connectivity index (χ0) is 42.7. The molecule has 0 unspecified atom stereocenters. The van der Waals surface area contributed by atoms with Gasteiger partial charge in [-0.2, -0.15) is 0 Å². The van der Waals surface area contributed by atoms with E-state index in [0.29, 0.717) is 45.1 Å². The molecule has 5 atom stereocenters. The Bertz CT molecular complexity index is 1910. The van der Waals surface area contributed by atoms with Crippen molar-refractivity contribution in [1.82, 2.24) is 20.9 Å². The molecule has 0 spiro atoms. The second-order valence-corrected chi connectivity index (χ2v) is 22.2. The number of nitrogens with one attached hydrogen (secondary N) is 3. The molecule has 0 aromatic heterocycles. The van der Waals surface area contributed by atoms with Crippen LogP contribution in [0.4, 0.5) is 0 Å². The molecule has 3 aromatic rings. The largest absolute Gasteiger partial charge is 0.397 e. The highest BCUT2D eigenvalue weighted by Gasteiger charge is 2.51. The Morgan fingerprint density at radius 2 is 1.32 bits per heavy atom. The van der Waals surface area contributed by atoms with Crippen molar-refractivity contribution in [3.8, 4) is 0 Å². The van der Waals surface area contributed by atoms with E-state index in [4.69, 9.17) is 4.43 Å². The Balaban J connectivity index is 1.16. The van der Waals surface area contributed by atoms with E-state index in [-0.39, 0.29) is 40.9 Å². The number of rotatable bonds is 14. The number of nitrogens with zero attached hydrogens (tertiary/aromatic N) is 1. The van der Waals surface area contributed by atoms with Crippen LogP contribution in [-0.2, 0) is 34.8 Å². The van der Waals surface area contributed by atoms with Crippen molar-refractivity contribution >= 4 is 48.1 Å². The van der Waals surface area contributed by atoms with Gasteiger partial charge >= 0.3 is 0 Å². The molecular weight excluding hydrogens is 769 g/mol. The standard InChI is InChI=1S/C49H64N4O6Si/c1-35(59-60(49(2,3)4,38-25-14-7-15-26-38)39-27-16-8-17-28-39)44(54)31-19-9-18-29-40-45(55)51-41(33-36-21-10-5-11-22-36)46(56)52-42(34-37-23-12-6-13-24-37)48(58)53-32-20-30-43(53)47(57)50-40/h6-8,12-17,19,23-28,31,35-36,40-43H,5,9-11,18,20-22,29-30,32-34H2,1-4H3,(H,50,57)(H,51,55)(H,52,56)/b31-19+/t35-,40+,41-,42+,43-/m1/s1. The molecule has 320 valence electrons. The summed E-state index contributed by atoms with van der Waals surface area (Å²) in [4.78, 5) is 71.7. The fourth-order valence-electron chi connectivity index (χ4n) is 9.41. The molecule has 3 N–H and O–H groups in total. The lowest BCUT2D eigenvalue weighted by molar-refractivity contribution is -0.143. The first-order chi connectivity index (χ1) is 28.9. The maximum absolute atomic E-state index is 14.2. The molecule has 3 fully saturated rings. The van der Waals surface area contributed by atoms with Crippen molar-refractivity contribution in [3.63, 3.8) is 0 Å². The number of hydrogen-bond donors (Lipinski definition) is 3. The van der Waals surface area contributed by atoms with Crippen molar-refractivity contribution in [2.24, 2.45) is 5.92 Å². The van der Waals surface area contributed by atoms with Gasteiger partial charge in [-0.05, 0) is 78.4 Å². The molecule has 0 radical (unpaired) electrons. The predicted molar refractivity (Wildman–Crippen MR) is 238 cm³/mol. The lowest BCUT2D eigenvalue weighted by Crippen LogP contribution is -2.68. The number of allylic oxidation sites excluding steroid dienone is 1. The first-order valence-electron chi connectivity index (χ1n) is 22.1. The Hall–Kier alpha value is -4.87. The number of hydrogen-bond acceptors (Lipinski definition) is 6. The van der Waals surface area contributed by atoms with Gasteiger partial charge in [0, 0.05) is 13.0 Å². The predicted octanol–water partition coefficient (Wildman–Crippen LogP) is 5.92. The van der Waals surface area contributed by atoms with Crippen LogP contribution in [-0.4, -0.2) is 79.4 Å². The van der Waals surface area contributed by atoms with Crippen molar-refractivity contribution in [3.05, 3.63) is 109 Å². The van der Waals surface area contributed by atoms with Gasteiger partial charge in [0.1, 0.15) is 30.3 Å². The van der Waals surface area contributed by atoms with E-state index in [1.54, 1.807) is 11.0 Å². The zero-order valence-electron chi connectivity index (χ0n) is 35.9. The highest BCUT2D eigenvalue weighted by Crippen LogP contribution is 2.37. The molecule has 3 aromatic carbocycles. The van der Waals surface area contributed by atoms with E-state index in [2.05, 4.69) is 61.0 Å². The summed E-state index contributed by atoms with van der Waals surface area (Å²) in [5.74, 6) is -1.31. The number of fused-ring (bicyclic) bond motifs is 1. The fraction of sp³-hybridized carbons (Fsp3) is 0.490. The summed E-state index contributed by atoms with van der Waals surface area (Å²) < 4.78 is 7.01. The van der Waals surface area contributed by atoms with Crippen LogP contribution in [0.3, 0.4) is 0 Å². The summed E-state index contributed by atoms with van der Waals surface area (Å²) in [6.07, 6.45) is 11.1. The van der Waals surface area contributed by atoms with Crippen LogP contribution in [0, 0.1) is 5.92 Å².